The lowest BCUT2D eigenvalue weighted by Gasteiger charge is -2.31. The van der Waals surface area contributed by atoms with Gasteiger partial charge in [0.2, 0.25) is 0 Å². The van der Waals surface area contributed by atoms with Gasteiger partial charge in [-0.25, -0.2) is 0 Å². The molecule has 0 aromatic heterocycles. The molecule has 0 aromatic rings. The Morgan fingerprint density at radius 2 is 1.91 bits per heavy atom. The smallest absolute Gasteiger partial charge is 0.0827 e. The standard InChI is InChI=1S/C20H32O3/c1-13(2)16-11-17-15(8-10-20(17,5)23)14(3)7-6-9-19(4,22)12-18(16)21/h6,9,11,13,15,17-18,21-23H,3,7-8,10,12H2,1-2,4-5H3/b9-6+,16-11-/t15-,17-,18-,19+,20-/m0/s1. The van der Waals surface area contributed by atoms with Gasteiger partial charge in [-0.1, -0.05) is 44.2 Å². The van der Waals surface area contributed by atoms with Crippen LogP contribution in [-0.2, 0) is 0 Å². The van der Waals surface area contributed by atoms with E-state index in [4.69, 9.17) is 0 Å². The van der Waals surface area contributed by atoms with E-state index >= 15 is 0 Å². The van der Waals surface area contributed by atoms with Crippen molar-refractivity contribution in [2.75, 3.05) is 0 Å². The van der Waals surface area contributed by atoms with Gasteiger partial charge in [0.1, 0.15) is 0 Å². The van der Waals surface area contributed by atoms with Crippen LogP contribution in [0.1, 0.15) is 53.4 Å². The van der Waals surface area contributed by atoms with Crippen molar-refractivity contribution in [2.24, 2.45) is 17.8 Å². The third-order valence-electron chi connectivity index (χ3n) is 5.52. The van der Waals surface area contributed by atoms with Crippen LogP contribution < -0.4 is 0 Å². The summed E-state index contributed by atoms with van der Waals surface area (Å²) in [5.74, 6) is 0.355. The summed E-state index contributed by atoms with van der Waals surface area (Å²) >= 11 is 0. The zero-order valence-electron chi connectivity index (χ0n) is 14.9. The molecular weight excluding hydrogens is 288 g/mol. The van der Waals surface area contributed by atoms with Gasteiger partial charge < -0.3 is 15.3 Å². The third kappa shape index (κ3) is 4.14. The second kappa shape index (κ2) is 6.54. The second-order valence-electron chi connectivity index (χ2n) is 8.19. The van der Waals surface area contributed by atoms with Gasteiger partial charge in [0.15, 0.2) is 0 Å². The van der Waals surface area contributed by atoms with Gasteiger partial charge in [-0.2, -0.15) is 0 Å². The van der Waals surface area contributed by atoms with Gasteiger partial charge in [0.25, 0.3) is 0 Å². The van der Waals surface area contributed by atoms with Crippen molar-refractivity contribution in [1.82, 2.24) is 0 Å². The molecule has 3 heteroatoms. The van der Waals surface area contributed by atoms with Crippen molar-refractivity contribution in [3.8, 4) is 0 Å². The molecule has 23 heavy (non-hydrogen) atoms. The molecule has 2 aliphatic carbocycles. The number of fused-ring (bicyclic) bond motifs is 1. The van der Waals surface area contributed by atoms with E-state index in [1.54, 1.807) is 13.0 Å². The lowest BCUT2D eigenvalue weighted by molar-refractivity contribution is 0.0305. The number of hydrogen-bond donors (Lipinski definition) is 3. The van der Waals surface area contributed by atoms with E-state index in [1.165, 1.54) is 0 Å². The number of hydrogen-bond acceptors (Lipinski definition) is 3. The van der Waals surface area contributed by atoms with Crippen LogP contribution >= 0.6 is 0 Å². The van der Waals surface area contributed by atoms with Crippen LogP contribution in [-0.4, -0.2) is 32.6 Å². The van der Waals surface area contributed by atoms with E-state index in [-0.39, 0.29) is 24.2 Å². The Kier molecular flexibility index (Phi) is 5.24. The molecule has 1 fully saturated rings. The van der Waals surface area contributed by atoms with Crippen LogP contribution in [0.25, 0.3) is 0 Å². The Labute approximate surface area is 140 Å². The summed E-state index contributed by atoms with van der Waals surface area (Å²) in [5.41, 5.74) is 0.185. The molecule has 0 bridgehead atoms. The van der Waals surface area contributed by atoms with Gasteiger partial charge in [0, 0.05) is 12.3 Å². The minimum atomic E-state index is -1.05. The first kappa shape index (κ1) is 18.4. The topological polar surface area (TPSA) is 60.7 Å². The van der Waals surface area contributed by atoms with Crippen molar-refractivity contribution in [1.29, 1.82) is 0 Å². The molecule has 0 amide bonds. The van der Waals surface area contributed by atoms with Crippen LogP contribution in [0, 0.1) is 17.8 Å². The van der Waals surface area contributed by atoms with Crippen LogP contribution in [0.5, 0.6) is 0 Å². The lowest BCUT2D eigenvalue weighted by Crippen LogP contribution is -2.33. The zero-order chi connectivity index (χ0) is 17.4. The van der Waals surface area contributed by atoms with Crippen molar-refractivity contribution in [2.45, 2.75) is 70.7 Å². The Bertz CT molecular complexity index is 511. The third-order valence-corrected chi connectivity index (χ3v) is 5.52. The Balaban J connectivity index is 2.48. The van der Waals surface area contributed by atoms with E-state index in [1.807, 2.05) is 26.8 Å². The highest BCUT2D eigenvalue weighted by Crippen LogP contribution is 2.46. The first-order valence-corrected chi connectivity index (χ1v) is 8.73. The molecule has 0 aromatic carbocycles. The number of aliphatic hydroxyl groups is 3. The fraction of sp³-hybridized carbons (Fsp3) is 0.700. The van der Waals surface area contributed by atoms with E-state index in [9.17, 15) is 15.3 Å². The highest BCUT2D eigenvalue weighted by Gasteiger charge is 2.44. The molecule has 0 aliphatic heterocycles. The van der Waals surface area contributed by atoms with Crippen molar-refractivity contribution in [3.63, 3.8) is 0 Å². The second-order valence-corrected chi connectivity index (χ2v) is 8.19. The molecule has 0 radical (unpaired) electrons. The first-order chi connectivity index (χ1) is 10.5. The molecule has 1 saturated carbocycles. The molecule has 2 aliphatic rings. The largest absolute Gasteiger partial charge is 0.390 e. The van der Waals surface area contributed by atoms with Gasteiger partial charge in [0.05, 0.1) is 17.3 Å². The van der Waals surface area contributed by atoms with Crippen LogP contribution in [0.2, 0.25) is 0 Å². The molecule has 3 N–H and O–H groups in total. The molecule has 3 nitrogen and oxygen atoms in total. The highest BCUT2D eigenvalue weighted by atomic mass is 16.3. The average Bonchev–Trinajstić information content (AvgIpc) is 2.68. The van der Waals surface area contributed by atoms with Crippen LogP contribution in [0.15, 0.2) is 36.0 Å². The van der Waals surface area contributed by atoms with E-state index < -0.39 is 17.3 Å². The molecule has 5 atom stereocenters. The molecule has 0 heterocycles. The number of allylic oxidation sites excluding steroid dienone is 2. The lowest BCUT2D eigenvalue weighted by atomic mass is 9.79. The predicted molar refractivity (Wildman–Crippen MR) is 93.9 cm³/mol. The summed E-state index contributed by atoms with van der Waals surface area (Å²) in [6.45, 7) is 11.9. The fourth-order valence-corrected chi connectivity index (χ4v) is 4.07. The Morgan fingerprint density at radius 1 is 1.26 bits per heavy atom. The van der Waals surface area contributed by atoms with Crippen molar-refractivity contribution >= 4 is 0 Å². The minimum Gasteiger partial charge on any atom is -0.390 e. The molecule has 0 unspecified atom stereocenters. The highest BCUT2D eigenvalue weighted by molar-refractivity contribution is 5.24. The maximum Gasteiger partial charge on any atom is 0.0827 e. The quantitative estimate of drug-likeness (QED) is 0.649. The molecule has 0 spiro atoms. The van der Waals surface area contributed by atoms with Gasteiger partial charge in [-0.05, 0) is 50.5 Å². The summed E-state index contributed by atoms with van der Waals surface area (Å²) in [4.78, 5) is 0. The van der Waals surface area contributed by atoms with Gasteiger partial charge in [-0.3, -0.25) is 0 Å². The Morgan fingerprint density at radius 3 is 2.52 bits per heavy atom. The summed E-state index contributed by atoms with van der Waals surface area (Å²) in [5, 5.41) is 32.0. The van der Waals surface area contributed by atoms with Gasteiger partial charge >= 0.3 is 0 Å². The number of aliphatic hydroxyl groups excluding tert-OH is 1. The molecule has 2 rings (SSSR count). The van der Waals surface area contributed by atoms with Crippen molar-refractivity contribution < 1.29 is 15.3 Å². The van der Waals surface area contributed by atoms with E-state index in [0.29, 0.717) is 6.42 Å². The van der Waals surface area contributed by atoms with Crippen molar-refractivity contribution in [3.05, 3.63) is 36.0 Å². The number of rotatable bonds is 1. The molecule has 130 valence electrons. The van der Waals surface area contributed by atoms with E-state index in [2.05, 4.69) is 12.7 Å². The van der Waals surface area contributed by atoms with Gasteiger partial charge in [-0.15, -0.1) is 0 Å². The minimum absolute atomic E-state index is 0.0292. The monoisotopic (exact) mass is 320 g/mol. The summed E-state index contributed by atoms with van der Waals surface area (Å²) in [7, 11) is 0. The molecule has 0 saturated heterocycles. The summed E-state index contributed by atoms with van der Waals surface area (Å²) in [6, 6.07) is 0. The van der Waals surface area contributed by atoms with Crippen LogP contribution in [0.3, 0.4) is 0 Å². The van der Waals surface area contributed by atoms with E-state index in [0.717, 1.165) is 24.0 Å². The predicted octanol–water partition coefficient (Wildman–Crippen LogP) is 3.36. The average molecular weight is 320 g/mol. The Hall–Kier alpha value is -0.900. The SMILES string of the molecule is C=C1C/C=C/[C@@](C)(O)C[C@H](O)/C(C(C)C)=C\[C@H]2[C@H]1CC[C@]2(C)O. The zero-order valence-corrected chi connectivity index (χ0v) is 14.9. The summed E-state index contributed by atoms with van der Waals surface area (Å²) < 4.78 is 0. The maximum atomic E-state index is 10.8. The molecular formula is C20H32O3. The fourth-order valence-electron chi connectivity index (χ4n) is 4.07. The first-order valence-electron chi connectivity index (χ1n) is 8.73. The normalized spacial score (nSPS) is 46.0. The van der Waals surface area contributed by atoms with Crippen LogP contribution in [0.4, 0.5) is 0 Å². The summed E-state index contributed by atoms with van der Waals surface area (Å²) in [6.07, 6.45) is 7.71. The maximum absolute atomic E-state index is 10.8.